The van der Waals surface area contributed by atoms with E-state index in [2.05, 4.69) is 48.4 Å². The van der Waals surface area contributed by atoms with Gasteiger partial charge in [0.1, 0.15) is 5.82 Å². The zero-order valence-electron chi connectivity index (χ0n) is 20.8. The fourth-order valence-electron chi connectivity index (χ4n) is 5.00. The van der Waals surface area contributed by atoms with E-state index in [4.69, 9.17) is 9.72 Å². The van der Waals surface area contributed by atoms with Crippen molar-refractivity contribution < 1.29 is 14.6 Å². The van der Waals surface area contributed by atoms with Gasteiger partial charge in [0.05, 0.1) is 12.7 Å². The molecular weight excluding hydrogens is 474 g/mol. The van der Waals surface area contributed by atoms with Crippen LogP contribution in [0.2, 0.25) is 0 Å². The molecule has 0 spiro atoms. The summed E-state index contributed by atoms with van der Waals surface area (Å²) in [4.78, 5) is 34.6. The number of phenols is 1. The van der Waals surface area contributed by atoms with Crippen molar-refractivity contribution in [2.75, 3.05) is 12.4 Å². The largest absolute Gasteiger partial charge is 0.504 e. The van der Waals surface area contributed by atoms with Crippen LogP contribution in [0.3, 0.4) is 0 Å². The average molecular weight is 504 g/mol. The molecule has 5 rings (SSSR count). The predicted octanol–water partition coefficient (Wildman–Crippen LogP) is 5.29. The fourth-order valence-corrected chi connectivity index (χ4v) is 5.82. The van der Waals surface area contributed by atoms with Crippen molar-refractivity contribution in [1.82, 2.24) is 9.97 Å². The number of aromatic amines is 1. The van der Waals surface area contributed by atoms with E-state index in [9.17, 15) is 14.7 Å². The van der Waals surface area contributed by atoms with Gasteiger partial charge in [-0.05, 0) is 42.0 Å². The number of rotatable bonds is 5. The van der Waals surface area contributed by atoms with Crippen LogP contribution < -0.4 is 15.6 Å². The zero-order chi connectivity index (χ0) is 25.6. The molecular formula is C28H29N3O4S. The van der Waals surface area contributed by atoms with Crippen molar-refractivity contribution in [3.63, 3.8) is 0 Å². The van der Waals surface area contributed by atoms with Gasteiger partial charge < -0.3 is 20.1 Å². The van der Waals surface area contributed by atoms with E-state index in [1.54, 1.807) is 12.1 Å². The number of methoxy groups -OCH3 is 1. The molecule has 1 aromatic heterocycles. The molecule has 8 heteroatoms. The molecule has 0 saturated heterocycles. The van der Waals surface area contributed by atoms with Crippen molar-refractivity contribution >= 4 is 23.4 Å². The second-order valence-electron chi connectivity index (χ2n) is 10.2. The van der Waals surface area contributed by atoms with Crippen LogP contribution in [0.25, 0.3) is 0 Å². The molecule has 186 valence electrons. The molecule has 1 atom stereocenters. The molecule has 0 fully saturated rings. The number of phenolic OH excluding ortho intramolecular Hbond substituents is 1. The maximum absolute atomic E-state index is 13.5. The minimum Gasteiger partial charge on any atom is -0.504 e. The molecule has 36 heavy (non-hydrogen) atoms. The van der Waals surface area contributed by atoms with Crippen LogP contribution in [0.5, 0.6) is 11.5 Å². The number of fused-ring (bicyclic) bond motifs is 1. The quantitative estimate of drug-likeness (QED) is 0.321. The molecule has 0 bridgehead atoms. The monoisotopic (exact) mass is 503 g/mol. The summed E-state index contributed by atoms with van der Waals surface area (Å²) >= 11 is 1.46. The summed E-state index contributed by atoms with van der Waals surface area (Å²) in [5, 5.41) is 14.0. The highest BCUT2D eigenvalue weighted by Gasteiger charge is 2.42. The standard InChI is InChI=1S/C28H29N3O4S/c1-15-5-7-16(8-6-15)14-36-27-30-25-24(26(34)31-27)22(17-9-10-19(32)21(11-17)35-4)23-18(29-25)12-28(2,3)13-20(23)33/h5-11,22,32H,12-14H2,1-4H3,(H2,29,30,31,34). The van der Waals surface area contributed by atoms with Gasteiger partial charge in [-0.3, -0.25) is 9.59 Å². The van der Waals surface area contributed by atoms with E-state index in [-0.39, 0.29) is 28.3 Å². The number of anilines is 1. The van der Waals surface area contributed by atoms with E-state index in [0.717, 1.165) is 11.3 Å². The first-order valence-corrected chi connectivity index (χ1v) is 12.9. The Bertz CT molecular complexity index is 1440. The molecule has 2 aromatic carbocycles. The first-order valence-electron chi connectivity index (χ1n) is 11.9. The van der Waals surface area contributed by atoms with Gasteiger partial charge in [0, 0.05) is 29.4 Å². The number of nitrogens with one attached hydrogen (secondary N) is 2. The number of benzene rings is 2. The van der Waals surface area contributed by atoms with Crippen LogP contribution >= 0.6 is 11.8 Å². The Hall–Kier alpha value is -3.52. The number of nitrogens with zero attached hydrogens (tertiary/aromatic N) is 1. The van der Waals surface area contributed by atoms with Crippen molar-refractivity contribution in [1.29, 1.82) is 0 Å². The highest BCUT2D eigenvalue weighted by molar-refractivity contribution is 7.98. The molecule has 0 radical (unpaired) electrons. The van der Waals surface area contributed by atoms with Gasteiger partial charge in [-0.1, -0.05) is 61.5 Å². The summed E-state index contributed by atoms with van der Waals surface area (Å²) in [6.07, 6.45) is 1.06. The second-order valence-corrected chi connectivity index (χ2v) is 11.2. The van der Waals surface area contributed by atoms with Crippen LogP contribution in [0.1, 0.15) is 54.9 Å². The number of aromatic hydroxyl groups is 1. The number of aromatic nitrogens is 2. The van der Waals surface area contributed by atoms with E-state index < -0.39 is 5.92 Å². The lowest BCUT2D eigenvalue weighted by Crippen LogP contribution is -2.37. The van der Waals surface area contributed by atoms with Crippen LogP contribution in [0.15, 0.2) is 63.7 Å². The number of carbonyl (C=O) groups is 1. The number of hydrogen-bond acceptors (Lipinski definition) is 7. The van der Waals surface area contributed by atoms with Crippen LogP contribution in [-0.2, 0) is 10.5 Å². The first-order chi connectivity index (χ1) is 17.1. The molecule has 0 saturated carbocycles. The Morgan fingerprint density at radius 1 is 1.14 bits per heavy atom. The Balaban J connectivity index is 1.59. The number of aryl methyl sites for hydroxylation is 1. The third-order valence-electron chi connectivity index (χ3n) is 6.73. The van der Waals surface area contributed by atoms with Gasteiger partial charge in [-0.15, -0.1) is 0 Å². The van der Waals surface area contributed by atoms with Crippen LogP contribution in [-0.4, -0.2) is 28.0 Å². The second kappa shape index (κ2) is 9.17. The predicted molar refractivity (Wildman–Crippen MR) is 141 cm³/mol. The number of Topliss-reactive ketones (excluding diaryl/α,β-unsaturated/α-hetero) is 1. The molecule has 3 N–H and O–H groups in total. The number of ketones is 1. The highest BCUT2D eigenvalue weighted by Crippen LogP contribution is 2.48. The van der Waals surface area contributed by atoms with Gasteiger partial charge in [-0.25, -0.2) is 4.98 Å². The van der Waals surface area contributed by atoms with E-state index in [1.807, 2.05) is 6.92 Å². The summed E-state index contributed by atoms with van der Waals surface area (Å²) in [6.45, 7) is 6.18. The third kappa shape index (κ3) is 4.53. The topological polar surface area (TPSA) is 104 Å². The van der Waals surface area contributed by atoms with Gasteiger partial charge in [0.15, 0.2) is 22.4 Å². The molecule has 2 aliphatic rings. The number of ether oxygens (including phenoxy) is 1. The normalized spacial score (nSPS) is 18.3. The average Bonchev–Trinajstić information content (AvgIpc) is 2.82. The zero-order valence-corrected chi connectivity index (χ0v) is 21.6. The van der Waals surface area contributed by atoms with Gasteiger partial charge in [0.2, 0.25) is 0 Å². The molecule has 3 aromatic rings. The molecule has 0 amide bonds. The minimum atomic E-state index is -0.609. The Morgan fingerprint density at radius 3 is 2.61 bits per heavy atom. The summed E-state index contributed by atoms with van der Waals surface area (Å²) in [5.41, 5.74) is 4.31. The molecule has 2 heterocycles. The van der Waals surface area contributed by atoms with Gasteiger partial charge in [-0.2, -0.15) is 0 Å². The molecule has 1 unspecified atom stereocenters. The Morgan fingerprint density at radius 2 is 1.89 bits per heavy atom. The van der Waals surface area contributed by atoms with Gasteiger partial charge in [0.25, 0.3) is 5.56 Å². The van der Waals surface area contributed by atoms with Crippen molar-refractivity contribution in [3.05, 3.63) is 86.3 Å². The Labute approximate surface area is 214 Å². The van der Waals surface area contributed by atoms with Crippen molar-refractivity contribution in [2.24, 2.45) is 5.41 Å². The third-order valence-corrected chi connectivity index (χ3v) is 7.68. The number of hydrogen-bond donors (Lipinski definition) is 3. The lowest BCUT2D eigenvalue weighted by Gasteiger charge is -2.38. The van der Waals surface area contributed by atoms with E-state index in [1.165, 1.54) is 30.5 Å². The number of H-pyrrole nitrogens is 1. The number of allylic oxidation sites excluding steroid dienone is 2. The van der Waals surface area contributed by atoms with Crippen LogP contribution in [0.4, 0.5) is 5.82 Å². The summed E-state index contributed by atoms with van der Waals surface area (Å²) in [5.74, 6) is 0.811. The SMILES string of the molecule is COc1cc(C2C3=C(CC(C)(C)CC3=O)Nc3nc(SCc4ccc(C)cc4)[nH]c(=O)c32)ccc1O. The molecule has 1 aliphatic heterocycles. The lowest BCUT2D eigenvalue weighted by molar-refractivity contribution is -0.118. The van der Waals surface area contributed by atoms with E-state index >= 15 is 0 Å². The number of thioether (sulfide) groups is 1. The summed E-state index contributed by atoms with van der Waals surface area (Å²) in [7, 11) is 1.47. The van der Waals surface area contributed by atoms with E-state index in [0.29, 0.717) is 46.3 Å². The summed E-state index contributed by atoms with van der Waals surface area (Å²) in [6, 6.07) is 13.2. The van der Waals surface area contributed by atoms with Crippen molar-refractivity contribution in [2.45, 2.75) is 50.4 Å². The number of carbonyl (C=O) groups excluding carboxylic acids is 1. The summed E-state index contributed by atoms with van der Waals surface area (Å²) < 4.78 is 5.32. The fraction of sp³-hybridized carbons (Fsp3) is 0.321. The molecule has 1 aliphatic carbocycles. The van der Waals surface area contributed by atoms with Gasteiger partial charge >= 0.3 is 0 Å². The maximum atomic E-state index is 13.5. The first kappa shape index (κ1) is 24.2. The minimum absolute atomic E-state index is 0.00407. The smallest absolute Gasteiger partial charge is 0.257 e. The Kier molecular flexibility index (Phi) is 6.16. The molecule has 7 nitrogen and oxygen atoms in total. The maximum Gasteiger partial charge on any atom is 0.257 e. The highest BCUT2D eigenvalue weighted by atomic mass is 32.2. The lowest BCUT2D eigenvalue weighted by atomic mass is 9.69. The van der Waals surface area contributed by atoms with Crippen molar-refractivity contribution in [3.8, 4) is 11.5 Å². The van der Waals surface area contributed by atoms with Crippen LogP contribution in [0, 0.1) is 12.3 Å².